The molecule has 1 fully saturated rings. The minimum Gasteiger partial charge on any atom is -0.367 e. The summed E-state index contributed by atoms with van der Waals surface area (Å²) >= 11 is 0. The van der Waals surface area contributed by atoms with Gasteiger partial charge >= 0.3 is 0 Å². The molecule has 0 aliphatic heterocycles. The standard InChI is InChI=1S/C13H22N4/c1-9-8-15-13(14-3)17-12(9)16-10(2)11-6-4-5-7-11/h8,10-11H,4-7H2,1-3H3,(H2,14,15,16,17). The summed E-state index contributed by atoms with van der Waals surface area (Å²) in [6, 6.07) is 0.496. The zero-order valence-corrected chi connectivity index (χ0v) is 11.0. The average molecular weight is 234 g/mol. The van der Waals surface area contributed by atoms with Crippen LogP contribution in [0.2, 0.25) is 0 Å². The van der Waals surface area contributed by atoms with E-state index in [9.17, 15) is 0 Å². The van der Waals surface area contributed by atoms with Crippen molar-refractivity contribution in [3.8, 4) is 0 Å². The smallest absolute Gasteiger partial charge is 0.224 e. The molecule has 1 heterocycles. The molecule has 2 N–H and O–H groups in total. The van der Waals surface area contributed by atoms with Crippen molar-refractivity contribution in [2.24, 2.45) is 5.92 Å². The van der Waals surface area contributed by atoms with Gasteiger partial charge in [-0.15, -0.1) is 0 Å². The van der Waals surface area contributed by atoms with E-state index in [1.165, 1.54) is 25.7 Å². The minimum atomic E-state index is 0.496. The highest BCUT2D eigenvalue weighted by atomic mass is 15.1. The maximum Gasteiger partial charge on any atom is 0.224 e. The minimum absolute atomic E-state index is 0.496. The number of anilines is 2. The van der Waals surface area contributed by atoms with Crippen LogP contribution in [-0.2, 0) is 0 Å². The molecule has 17 heavy (non-hydrogen) atoms. The van der Waals surface area contributed by atoms with Crippen LogP contribution in [0.3, 0.4) is 0 Å². The third-order valence-corrected chi connectivity index (χ3v) is 3.67. The van der Waals surface area contributed by atoms with Crippen LogP contribution in [0, 0.1) is 12.8 Å². The van der Waals surface area contributed by atoms with Gasteiger partial charge < -0.3 is 10.6 Å². The van der Waals surface area contributed by atoms with E-state index in [0.717, 1.165) is 17.3 Å². The summed E-state index contributed by atoms with van der Waals surface area (Å²) in [6.45, 7) is 4.31. The molecule has 1 aromatic rings. The third kappa shape index (κ3) is 2.87. The molecule has 0 aromatic carbocycles. The number of aryl methyl sites for hydroxylation is 1. The predicted molar refractivity (Wildman–Crippen MR) is 71.4 cm³/mol. The van der Waals surface area contributed by atoms with E-state index in [-0.39, 0.29) is 0 Å². The van der Waals surface area contributed by atoms with E-state index >= 15 is 0 Å². The summed E-state index contributed by atoms with van der Waals surface area (Å²) in [5.41, 5.74) is 1.11. The second kappa shape index (κ2) is 5.34. The molecule has 1 atom stereocenters. The van der Waals surface area contributed by atoms with Gasteiger partial charge in [0.25, 0.3) is 0 Å². The maximum absolute atomic E-state index is 4.47. The number of rotatable bonds is 4. The molecular formula is C13H22N4. The molecule has 0 radical (unpaired) electrons. The van der Waals surface area contributed by atoms with Crippen LogP contribution in [0.5, 0.6) is 0 Å². The predicted octanol–water partition coefficient (Wildman–Crippen LogP) is 2.82. The second-order valence-electron chi connectivity index (χ2n) is 4.95. The fraction of sp³-hybridized carbons (Fsp3) is 0.692. The van der Waals surface area contributed by atoms with Gasteiger partial charge in [0.2, 0.25) is 5.95 Å². The van der Waals surface area contributed by atoms with Crippen molar-refractivity contribution >= 4 is 11.8 Å². The highest BCUT2D eigenvalue weighted by Gasteiger charge is 2.22. The Morgan fingerprint density at radius 2 is 2.06 bits per heavy atom. The van der Waals surface area contributed by atoms with Gasteiger partial charge in [-0.1, -0.05) is 12.8 Å². The quantitative estimate of drug-likeness (QED) is 0.841. The van der Waals surface area contributed by atoms with E-state index in [1.54, 1.807) is 0 Å². The van der Waals surface area contributed by atoms with Gasteiger partial charge in [0.05, 0.1) is 0 Å². The molecule has 1 saturated carbocycles. The Kier molecular flexibility index (Phi) is 3.82. The second-order valence-corrected chi connectivity index (χ2v) is 4.95. The Labute approximate surface area is 103 Å². The third-order valence-electron chi connectivity index (χ3n) is 3.67. The van der Waals surface area contributed by atoms with E-state index in [4.69, 9.17) is 0 Å². The monoisotopic (exact) mass is 234 g/mol. The largest absolute Gasteiger partial charge is 0.367 e. The van der Waals surface area contributed by atoms with Gasteiger partial charge in [-0.05, 0) is 32.6 Å². The fourth-order valence-electron chi connectivity index (χ4n) is 2.50. The van der Waals surface area contributed by atoms with Crippen molar-refractivity contribution in [1.82, 2.24) is 9.97 Å². The van der Waals surface area contributed by atoms with Crippen molar-refractivity contribution in [2.45, 2.75) is 45.6 Å². The van der Waals surface area contributed by atoms with Gasteiger partial charge in [-0.2, -0.15) is 4.98 Å². The van der Waals surface area contributed by atoms with Gasteiger partial charge in [0, 0.05) is 24.8 Å². The Bertz CT molecular complexity index is 372. The Balaban J connectivity index is 2.06. The van der Waals surface area contributed by atoms with Gasteiger partial charge in [-0.3, -0.25) is 0 Å². The summed E-state index contributed by atoms with van der Waals surface area (Å²) in [4.78, 5) is 8.67. The molecule has 1 unspecified atom stereocenters. The molecule has 1 aromatic heterocycles. The first-order valence-electron chi connectivity index (χ1n) is 6.48. The topological polar surface area (TPSA) is 49.8 Å². The molecular weight excluding hydrogens is 212 g/mol. The zero-order valence-electron chi connectivity index (χ0n) is 11.0. The molecule has 0 saturated heterocycles. The molecule has 0 spiro atoms. The lowest BCUT2D eigenvalue weighted by Crippen LogP contribution is -2.25. The lowest BCUT2D eigenvalue weighted by atomic mass is 10.00. The van der Waals surface area contributed by atoms with Crippen molar-refractivity contribution in [3.05, 3.63) is 11.8 Å². The van der Waals surface area contributed by atoms with Crippen molar-refractivity contribution < 1.29 is 0 Å². The van der Waals surface area contributed by atoms with Crippen LogP contribution >= 0.6 is 0 Å². The zero-order chi connectivity index (χ0) is 12.3. The molecule has 94 valence electrons. The lowest BCUT2D eigenvalue weighted by Gasteiger charge is -2.22. The van der Waals surface area contributed by atoms with E-state index in [0.29, 0.717) is 12.0 Å². The number of hydrogen-bond acceptors (Lipinski definition) is 4. The van der Waals surface area contributed by atoms with Gasteiger partial charge in [0.1, 0.15) is 5.82 Å². The van der Waals surface area contributed by atoms with Crippen LogP contribution in [0.4, 0.5) is 11.8 Å². The van der Waals surface area contributed by atoms with E-state index < -0.39 is 0 Å². The first-order valence-corrected chi connectivity index (χ1v) is 6.48. The molecule has 1 aliphatic rings. The molecule has 4 nitrogen and oxygen atoms in total. The summed E-state index contributed by atoms with van der Waals surface area (Å²) in [5, 5.41) is 6.51. The fourth-order valence-corrected chi connectivity index (χ4v) is 2.50. The average Bonchev–Trinajstić information content (AvgIpc) is 2.85. The van der Waals surface area contributed by atoms with Crippen LogP contribution < -0.4 is 10.6 Å². The number of nitrogens with zero attached hydrogens (tertiary/aromatic N) is 2. The highest BCUT2D eigenvalue weighted by molar-refractivity contribution is 5.46. The van der Waals surface area contributed by atoms with Crippen LogP contribution in [0.25, 0.3) is 0 Å². The molecule has 0 bridgehead atoms. The molecule has 0 amide bonds. The molecule has 2 rings (SSSR count). The summed E-state index contributed by atoms with van der Waals surface area (Å²) < 4.78 is 0. The Morgan fingerprint density at radius 3 is 2.71 bits per heavy atom. The normalized spacial score (nSPS) is 18.1. The van der Waals surface area contributed by atoms with Crippen LogP contribution in [0.1, 0.15) is 38.2 Å². The first-order chi connectivity index (χ1) is 8.20. The number of nitrogens with one attached hydrogen (secondary N) is 2. The number of aromatic nitrogens is 2. The molecule has 4 heteroatoms. The Hall–Kier alpha value is -1.32. The van der Waals surface area contributed by atoms with E-state index in [1.807, 2.05) is 20.2 Å². The Morgan fingerprint density at radius 1 is 1.35 bits per heavy atom. The van der Waals surface area contributed by atoms with Crippen molar-refractivity contribution in [3.63, 3.8) is 0 Å². The van der Waals surface area contributed by atoms with Crippen molar-refractivity contribution in [1.29, 1.82) is 0 Å². The van der Waals surface area contributed by atoms with Crippen LogP contribution in [-0.4, -0.2) is 23.1 Å². The summed E-state index contributed by atoms with van der Waals surface area (Å²) in [7, 11) is 1.84. The molecule has 1 aliphatic carbocycles. The van der Waals surface area contributed by atoms with Gasteiger partial charge in [0.15, 0.2) is 0 Å². The first kappa shape index (κ1) is 12.1. The van der Waals surface area contributed by atoms with Crippen molar-refractivity contribution in [2.75, 3.05) is 17.7 Å². The summed E-state index contributed by atoms with van der Waals surface area (Å²) in [5.74, 6) is 2.43. The SMILES string of the molecule is CNc1ncc(C)c(NC(C)C2CCCC2)n1. The number of hydrogen-bond donors (Lipinski definition) is 2. The lowest BCUT2D eigenvalue weighted by molar-refractivity contribution is 0.481. The van der Waals surface area contributed by atoms with E-state index in [2.05, 4.69) is 27.5 Å². The summed E-state index contributed by atoms with van der Waals surface area (Å²) in [6.07, 6.45) is 7.30. The highest BCUT2D eigenvalue weighted by Crippen LogP contribution is 2.29. The maximum atomic E-state index is 4.47. The van der Waals surface area contributed by atoms with Crippen LogP contribution in [0.15, 0.2) is 6.20 Å². The van der Waals surface area contributed by atoms with Gasteiger partial charge in [-0.25, -0.2) is 4.98 Å².